The van der Waals surface area contributed by atoms with Crippen LogP contribution in [0, 0.1) is 5.41 Å². The molecule has 3 aromatic carbocycles. The molecule has 0 fully saturated rings. The maximum absolute atomic E-state index is 6.17. The summed E-state index contributed by atoms with van der Waals surface area (Å²) in [7, 11) is 12.3. The van der Waals surface area contributed by atoms with E-state index < -0.39 is 19.4 Å². The minimum atomic E-state index is -2.25. The van der Waals surface area contributed by atoms with Gasteiger partial charge in [-0.1, -0.05) is 72.8 Å². The van der Waals surface area contributed by atoms with E-state index in [0.717, 1.165) is 0 Å². The molecule has 43 heavy (non-hydrogen) atoms. The molecule has 0 saturated carbocycles. The fraction of sp³-hybridized carbons (Fsp3) is 0.243. The van der Waals surface area contributed by atoms with Gasteiger partial charge in [0.1, 0.15) is 0 Å². The second-order valence-corrected chi connectivity index (χ2v) is 21.3. The Morgan fingerprint density at radius 2 is 1.00 bits per heavy atom. The van der Waals surface area contributed by atoms with Crippen molar-refractivity contribution >= 4 is 35.3 Å². The van der Waals surface area contributed by atoms with Gasteiger partial charge in [-0.2, -0.15) is 0 Å². The van der Waals surface area contributed by atoms with E-state index in [1.807, 2.05) is 0 Å². The van der Waals surface area contributed by atoms with E-state index >= 15 is 0 Å². The van der Waals surface area contributed by atoms with Crippen LogP contribution < -0.4 is 24.8 Å². The molecule has 220 valence electrons. The Morgan fingerprint density at radius 1 is 0.605 bits per heavy atom. The summed E-state index contributed by atoms with van der Waals surface area (Å²) >= 11 is -0.659. The average Bonchev–Trinajstić information content (AvgIpc) is 3.71. The van der Waals surface area contributed by atoms with Gasteiger partial charge in [0.2, 0.25) is 0 Å². The van der Waals surface area contributed by atoms with Gasteiger partial charge in [0.15, 0.2) is 0 Å². The Hall–Kier alpha value is -0.714. The number of benzene rings is 3. The van der Waals surface area contributed by atoms with Crippen LogP contribution in [0.5, 0.6) is 0 Å². The maximum atomic E-state index is 6.17. The quantitative estimate of drug-likeness (QED) is 0.323. The SMILES string of the molecule is C1=CC(C2C=Cc3ccccc32)c2ccccc21.CC1=C(C)C(C)(C)[C]([Zr]([Cl])[Cl])=C1C.[Cl-].[Cl-].[Zr+2][CH]1C=Cc2ccccc21. The van der Waals surface area contributed by atoms with E-state index in [1.165, 1.54) is 53.4 Å². The Kier molecular flexibility index (Phi) is 13.4. The predicted octanol–water partition coefficient (Wildman–Crippen LogP) is 5.48. The molecule has 0 spiro atoms. The molecule has 3 unspecified atom stereocenters. The van der Waals surface area contributed by atoms with Crippen LogP contribution in [-0.4, -0.2) is 0 Å². The van der Waals surface area contributed by atoms with E-state index in [4.69, 9.17) is 17.0 Å². The molecular weight excluding hydrogens is 769 g/mol. The third-order valence-electron chi connectivity index (χ3n) is 9.11. The molecule has 6 heteroatoms. The van der Waals surface area contributed by atoms with Gasteiger partial charge < -0.3 is 24.8 Å². The molecular formula is C37H36Cl4Zr2. The van der Waals surface area contributed by atoms with Crippen LogP contribution in [0.4, 0.5) is 0 Å². The van der Waals surface area contributed by atoms with Gasteiger partial charge in [-0.25, -0.2) is 0 Å². The van der Waals surface area contributed by atoms with Crippen molar-refractivity contribution in [3.8, 4) is 0 Å². The van der Waals surface area contributed by atoms with Gasteiger partial charge >= 0.3 is 172 Å². The summed E-state index contributed by atoms with van der Waals surface area (Å²) in [5.41, 5.74) is 12.9. The van der Waals surface area contributed by atoms with E-state index in [0.29, 0.717) is 15.5 Å². The molecule has 7 rings (SSSR count). The first-order chi connectivity index (χ1) is 19.6. The van der Waals surface area contributed by atoms with Crippen LogP contribution in [0.2, 0.25) is 0 Å². The van der Waals surface area contributed by atoms with Crippen molar-refractivity contribution in [3.63, 3.8) is 0 Å². The van der Waals surface area contributed by atoms with Crippen LogP contribution in [0.25, 0.3) is 18.2 Å². The molecule has 0 nitrogen and oxygen atoms in total. The first kappa shape index (κ1) is 36.8. The predicted molar refractivity (Wildman–Crippen MR) is 171 cm³/mol. The van der Waals surface area contributed by atoms with Crippen LogP contribution in [0.3, 0.4) is 0 Å². The third kappa shape index (κ3) is 7.65. The Balaban J connectivity index is 0.000000181. The monoisotopic (exact) mass is 800 g/mol. The summed E-state index contributed by atoms with van der Waals surface area (Å²) in [5, 5.41) is 0. The summed E-state index contributed by atoms with van der Waals surface area (Å²) in [4.78, 5) is 0. The summed E-state index contributed by atoms with van der Waals surface area (Å²) in [6, 6.07) is 26.0. The van der Waals surface area contributed by atoms with Crippen LogP contribution in [0.15, 0.2) is 111 Å². The zero-order valence-corrected chi connectivity index (χ0v) is 33.1. The zero-order valence-electron chi connectivity index (χ0n) is 25.1. The summed E-state index contributed by atoms with van der Waals surface area (Å²) in [5.74, 6) is 1.00. The molecule has 3 atom stereocenters. The number of hydrogen-bond acceptors (Lipinski definition) is 0. The first-order valence-corrected chi connectivity index (χ1v) is 23.2. The van der Waals surface area contributed by atoms with E-state index in [2.05, 4.69) is 144 Å². The van der Waals surface area contributed by atoms with Crippen molar-refractivity contribution in [1.29, 1.82) is 0 Å². The first-order valence-electron chi connectivity index (χ1n) is 14.2. The van der Waals surface area contributed by atoms with Crippen molar-refractivity contribution in [2.75, 3.05) is 0 Å². The molecule has 0 amide bonds. The number of halogens is 4. The van der Waals surface area contributed by atoms with Crippen LogP contribution >= 0.6 is 17.0 Å². The Morgan fingerprint density at radius 3 is 1.37 bits per heavy atom. The second-order valence-electron chi connectivity index (χ2n) is 11.6. The van der Waals surface area contributed by atoms with Crippen molar-refractivity contribution < 1.29 is 68.9 Å². The van der Waals surface area contributed by atoms with Gasteiger partial charge in [0.05, 0.1) is 0 Å². The standard InChI is InChI=1S/C18H14.C10H15.C9H7.4ClH.2Zr/c1-3-7-15-13(5-1)9-11-17(15)18-12-10-14-6-2-4-8-16(14)18;1-7-6-10(4,5)9(3)8(7)2;1-2-5-9-7-3-6-8(9)4-1;;;;;;/h1-12,17-18H;1-5H3;1-7H;4*1H;;/q;;;;;;;2*+2/p-4. The van der Waals surface area contributed by atoms with Crippen molar-refractivity contribution in [3.05, 3.63) is 144 Å². The van der Waals surface area contributed by atoms with Gasteiger partial charge in [0.25, 0.3) is 0 Å². The number of allylic oxidation sites excluding steroid dienone is 7. The molecule has 4 aliphatic rings. The molecule has 0 heterocycles. The minimum absolute atomic E-state index is 0. The van der Waals surface area contributed by atoms with Crippen LogP contribution in [0.1, 0.15) is 83.5 Å². The topological polar surface area (TPSA) is 0 Å². The van der Waals surface area contributed by atoms with Gasteiger partial charge in [-0.05, 0) is 22.3 Å². The van der Waals surface area contributed by atoms with Crippen molar-refractivity contribution in [2.45, 2.75) is 50.1 Å². The molecule has 0 aliphatic heterocycles. The number of fused-ring (bicyclic) bond motifs is 3. The Labute approximate surface area is 300 Å². The molecule has 0 aromatic heterocycles. The van der Waals surface area contributed by atoms with Gasteiger partial charge in [-0.15, -0.1) is 0 Å². The van der Waals surface area contributed by atoms with Gasteiger partial charge in [-0.3, -0.25) is 0 Å². The molecule has 0 bridgehead atoms. The zero-order chi connectivity index (χ0) is 29.3. The fourth-order valence-corrected chi connectivity index (χ4v) is 14.5. The molecule has 3 aromatic rings. The van der Waals surface area contributed by atoms with E-state index in [1.54, 1.807) is 24.7 Å². The summed E-state index contributed by atoms with van der Waals surface area (Å²) in [6.45, 7) is 10.9. The van der Waals surface area contributed by atoms with Gasteiger partial charge in [0, 0.05) is 11.8 Å². The van der Waals surface area contributed by atoms with Crippen molar-refractivity contribution in [2.24, 2.45) is 5.41 Å². The normalized spacial score (nSPS) is 21.1. The number of hydrogen-bond donors (Lipinski definition) is 0. The average molecular weight is 805 g/mol. The second kappa shape index (κ2) is 15.7. The summed E-state index contributed by atoms with van der Waals surface area (Å²) < 4.78 is 2.07. The Bertz CT molecular complexity index is 1550. The van der Waals surface area contributed by atoms with E-state index in [9.17, 15) is 0 Å². The molecule has 0 N–H and O–H groups in total. The summed E-state index contributed by atoms with van der Waals surface area (Å²) in [6.07, 6.45) is 13.7. The fourth-order valence-electron chi connectivity index (χ4n) is 6.40. The molecule has 0 radical (unpaired) electrons. The molecule has 4 aliphatic carbocycles. The van der Waals surface area contributed by atoms with Crippen LogP contribution in [-0.2, 0) is 44.1 Å². The third-order valence-corrected chi connectivity index (χ3v) is 16.0. The van der Waals surface area contributed by atoms with E-state index in [-0.39, 0.29) is 30.2 Å². The molecule has 0 saturated heterocycles. The number of rotatable bonds is 2. The van der Waals surface area contributed by atoms with Crippen molar-refractivity contribution in [1.82, 2.24) is 0 Å².